The highest BCUT2D eigenvalue weighted by atomic mass is 16.6. The summed E-state index contributed by atoms with van der Waals surface area (Å²) in [6.07, 6.45) is 4.77. The molecule has 0 aliphatic carbocycles. The molecule has 0 radical (unpaired) electrons. The van der Waals surface area contributed by atoms with Gasteiger partial charge in [0.25, 0.3) is 0 Å². The van der Waals surface area contributed by atoms with Gasteiger partial charge in [-0.25, -0.2) is 0 Å². The molecule has 2 aliphatic rings. The Hall–Kier alpha value is -0.120. The fourth-order valence-corrected chi connectivity index (χ4v) is 2.99. The minimum absolute atomic E-state index is 0.0859. The Balaban J connectivity index is 2.02. The third-order valence-corrected chi connectivity index (χ3v) is 4.51. The number of aliphatic hydroxyl groups is 1. The predicted octanol–water partition coefficient (Wildman–Crippen LogP) is 2.26. The van der Waals surface area contributed by atoms with Crippen LogP contribution in [-0.4, -0.2) is 35.1 Å². The first-order chi connectivity index (χ1) is 7.50. The van der Waals surface area contributed by atoms with E-state index in [-0.39, 0.29) is 17.8 Å². The minimum atomic E-state index is -0.633. The largest absolute Gasteiger partial charge is 0.387 e. The molecule has 0 aromatic carbocycles. The molecule has 2 aliphatic heterocycles. The maximum Gasteiger partial charge on any atom is 0.0915 e. The molecule has 2 rings (SSSR count). The number of ether oxygens (including phenoxy) is 2. The van der Waals surface area contributed by atoms with Crippen LogP contribution in [0.1, 0.15) is 52.9 Å². The zero-order chi connectivity index (χ0) is 11.8. The monoisotopic (exact) mass is 228 g/mol. The first-order valence-corrected chi connectivity index (χ1v) is 6.52. The highest BCUT2D eigenvalue weighted by Crippen LogP contribution is 2.40. The molecule has 3 heteroatoms. The van der Waals surface area contributed by atoms with Crippen LogP contribution < -0.4 is 0 Å². The Labute approximate surface area is 98.1 Å². The lowest BCUT2D eigenvalue weighted by Crippen LogP contribution is -2.54. The summed E-state index contributed by atoms with van der Waals surface area (Å²) in [5.74, 6) is 0. The minimum Gasteiger partial charge on any atom is -0.387 e. The Morgan fingerprint density at radius 3 is 2.62 bits per heavy atom. The molecule has 0 amide bonds. The van der Waals surface area contributed by atoms with Crippen LogP contribution in [0, 0.1) is 0 Å². The number of hydrogen-bond acceptors (Lipinski definition) is 3. The maximum atomic E-state index is 10.3. The lowest BCUT2D eigenvalue weighted by atomic mass is 9.81. The number of hydrogen-bond donors (Lipinski definition) is 1. The van der Waals surface area contributed by atoms with Crippen LogP contribution >= 0.6 is 0 Å². The van der Waals surface area contributed by atoms with Crippen molar-refractivity contribution in [2.24, 2.45) is 0 Å². The van der Waals surface area contributed by atoms with Gasteiger partial charge in [0.1, 0.15) is 0 Å². The van der Waals surface area contributed by atoms with Gasteiger partial charge in [-0.1, -0.05) is 6.92 Å². The molecule has 3 nitrogen and oxygen atoms in total. The van der Waals surface area contributed by atoms with Crippen LogP contribution in [0.3, 0.4) is 0 Å². The van der Waals surface area contributed by atoms with Crippen molar-refractivity contribution in [3.05, 3.63) is 0 Å². The quantitative estimate of drug-likeness (QED) is 0.788. The standard InChI is InChI=1S/C13H24O3/c1-4-13(14)8-6-11(16-10(13)2)12(3)7-5-9-15-12/h10-11,14H,4-9H2,1-3H3/t10-,11+,12-,13+/m1/s1. The van der Waals surface area contributed by atoms with E-state index in [1.54, 1.807) is 0 Å². The van der Waals surface area contributed by atoms with Crippen molar-refractivity contribution in [3.8, 4) is 0 Å². The molecular weight excluding hydrogens is 204 g/mol. The van der Waals surface area contributed by atoms with Crippen molar-refractivity contribution < 1.29 is 14.6 Å². The van der Waals surface area contributed by atoms with Gasteiger partial charge >= 0.3 is 0 Å². The second-order valence-electron chi connectivity index (χ2n) is 5.53. The van der Waals surface area contributed by atoms with Crippen LogP contribution in [0.15, 0.2) is 0 Å². The Bertz CT molecular complexity index is 248. The van der Waals surface area contributed by atoms with Crippen LogP contribution in [0.5, 0.6) is 0 Å². The first kappa shape index (κ1) is 12.3. The molecule has 0 aromatic heterocycles. The average Bonchev–Trinajstić information content (AvgIpc) is 2.70. The molecule has 0 saturated carbocycles. The van der Waals surface area contributed by atoms with Gasteiger partial charge in [-0.15, -0.1) is 0 Å². The lowest BCUT2D eigenvalue weighted by molar-refractivity contribution is -0.215. The summed E-state index contributed by atoms with van der Waals surface area (Å²) < 4.78 is 11.8. The molecular formula is C13H24O3. The van der Waals surface area contributed by atoms with Crippen LogP contribution in [0.4, 0.5) is 0 Å². The van der Waals surface area contributed by atoms with Crippen molar-refractivity contribution in [2.75, 3.05) is 6.61 Å². The van der Waals surface area contributed by atoms with Gasteiger partial charge in [0.15, 0.2) is 0 Å². The second-order valence-corrected chi connectivity index (χ2v) is 5.53. The van der Waals surface area contributed by atoms with Crippen molar-refractivity contribution >= 4 is 0 Å². The molecule has 0 spiro atoms. The summed E-state index contributed by atoms with van der Waals surface area (Å²) >= 11 is 0. The fraction of sp³-hybridized carbons (Fsp3) is 1.00. The van der Waals surface area contributed by atoms with Crippen LogP contribution in [0.25, 0.3) is 0 Å². The zero-order valence-corrected chi connectivity index (χ0v) is 10.7. The van der Waals surface area contributed by atoms with Gasteiger partial charge < -0.3 is 14.6 Å². The van der Waals surface area contributed by atoms with Crippen molar-refractivity contribution in [1.82, 2.24) is 0 Å². The lowest BCUT2D eigenvalue weighted by Gasteiger charge is -2.45. The average molecular weight is 228 g/mol. The van der Waals surface area contributed by atoms with Crippen molar-refractivity contribution in [2.45, 2.75) is 76.3 Å². The number of rotatable bonds is 2. The smallest absolute Gasteiger partial charge is 0.0915 e. The highest BCUT2D eigenvalue weighted by Gasteiger charge is 2.47. The Morgan fingerprint density at radius 1 is 1.38 bits per heavy atom. The molecule has 2 saturated heterocycles. The fourth-order valence-electron chi connectivity index (χ4n) is 2.99. The summed E-state index contributed by atoms with van der Waals surface area (Å²) in [4.78, 5) is 0. The van der Waals surface area contributed by atoms with E-state index in [2.05, 4.69) is 6.92 Å². The molecule has 1 N–H and O–H groups in total. The summed E-state index contributed by atoms with van der Waals surface area (Å²) in [5.41, 5.74) is -0.755. The predicted molar refractivity (Wildman–Crippen MR) is 62.4 cm³/mol. The van der Waals surface area contributed by atoms with E-state index in [1.165, 1.54) is 0 Å². The van der Waals surface area contributed by atoms with Gasteiger partial charge in [-0.05, 0) is 46.0 Å². The van der Waals surface area contributed by atoms with Gasteiger partial charge in [-0.2, -0.15) is 0 Å². The molecule has 2 fully saturated rings. The summed E-state index contributed by atoms with van der Waals surface area (Å²) in [7, 11) is 0. The first-order valence-electron chi connectivity index (χ1n) is 6.52. The van der Waals surface area contributed by atoms with Gasteiger partial charge in [0, 0.05) is 6.61 Å². The van der Waals surface area contributed by atoms with Gasteiger partial charge in [0.2, 0.25) is 0 Å². The maximum absolute atomic E-state index is 10.3. The van der Waals surface area contributed by atoms with Crippen molar-refractivity contribution in [1.29, 1.82) is 0 Å². The van der Waals surface area contributed by atoms with Crippen molar-refractivity contribution in [3.63, 3.8) is 0 Å². The Kier molecular flexibility index (Phi) is 3.30. The third-order valence-electron chi connectivity index (χ3n) is 4.51. The topological polar surface area (TPSA) is 38.7 Å². The molecule has 16 heavy (non-hydrogen) atoms. The van der Waals surface area contributed by atoms with Gasteiger partial charge in [-0.3, -0.25) is 0 Å². The van der Waals surface area contributed by atoms with E-state index < -0.39 is 5.60 Å². The van der Waals surface area contributed by atoms with E-state index in [0.717, 1.165) is 38.7 Å². The SMILES string of the molecule is CC[C@]1(O)CC[C@@H]([C@@]2(C)CCCO2)O[C@@H]1C. The zero-order valence-electron chi connectivity index (χ0n) is 10.7. The molecule has 94 valence electrons. The summed E-state index contributed by atoms with van der Waals surface area (Å²) in [6, 6.07) is 0. The van der Waals surface area contributed by atoms with E-state index in [1.807, 2.05) is 13.8 Å². The third kappa shape index (κ3) is 2.01. The molecule has 2 heterocycles. The second kappa shape index (κ2) is 4.28. The highest BCUT2D eigenvalue weighted by molar-refractivity contribution is 4.97. The molecule has 0 aromatic rings. The van der Waals surface area contributed by atoms with E-state index in [9.17, 15) is 5.11 Å². The van der Waals surface area contributed by atoms with E-state index in [4.69, 9.17) is 9.47 Å². The molecule has 0 unspecified atom stereocenters. The molecule has 0 bridgehead atoms. The van der Waals surface area contributed by atoms with E-state index in [0.29, 0.717) is 0 Å². The van der Waals surface area contributed by atoms with Gasteiger partial charge in [0.05, 0.1) is 23.4 Å². The summed E-state index contributed by atoms with van der Waals surface area (Å²) in [6.45, 7) is 7.00. The van der Waals surface area contributed by atoms with Crippen LogP contribution in [-0.2, 0) is 9.47 Å². The van der Waals surface area contributed by atoms with Crippen LogP contribution in [0.2, 0.25) is 0 Å². The summed E-state index contributed by atoms with van der Waals surface area (Å²) in [5, 5.41) is 10.3. The van der Waals surface area contributed by atoms with E-state index >= 15 is 0 Å². The molecule has 4 atom stereocenters. The normalized spacial score (nSPS) is 49.5. The Morgan fingerprint density at radius 2 is 2.12 bits per heavy atom.